The van der Waals surface area contributed by atoms with Crippen LogP contribution >= 0.6 is 11.8 Å². The molecule has 0 saturated carbocycles. The van der Waals surface area contributed by atoms with Crippen LogP contribution in [0.1, 0.15) is 31.7 Å². The number of methoxy groups -OCH3 is 1. The highest BCUT2D eigenvalue weighted by Gasteiger charge is 2.24. The minimum absolute atomic E-state index is 0.0471. The van der Waals surface area contributed by atoms with Crippen molar-refractivity contribution in [1.82, 2.24) is 14.8 Å². The molecule has 0 unspecified atom stereocenters. The number of carbonyl (C=O) groups is 1. The largest absolute Gasteiger partial charge is 0.495 e. The maximum absolute atomic E-state index is 13.2. The second kappa shape index (κ2) is 10.7. The summed E-state index contributed by atoms with van der Waals surface area (Å²) in [6, 6.07) is 15.9. The number of thioether (sulfide) groups is 1. The van der Waals surface area contributed by atoms with Gasteiger partial charge in [-0.2, -0.15) is 0 Å². The van der Waals surface area contributed by atoms with Crippen LogP contribution in [0.5, 0.6) is 5.75 Å². The van der Waals surface area contributed by atoms with Gasteiger partial charge in [0, 0.05) is 25.3 Å². The lowest BCUT2D eigenvalue weighted by Crippen LogP contribution is -2.33. The van der Waals surface area contributed by atoms with Crippen molar-refractivity contribution in [3.63, 3.8) is 0 Å². The molecular weight excluding hydrogens is 434 g/mol. The number of amides is 1. The van der Waals surface area contributed by atoms with Crippen LogP contribution in [0.4, 0.5) is 11.6 Å². The van der Waals surface area contributed by atoms with Crippen LogP contribution in [0.15, 0.2) is 53.7 Å². The van der Waals surface area contributed by atoms with Gasteiger partial charge in [-0.1, -0.05) is 42.1 Å². The van der Waals surface area contributed by atoms with E-state index in [0.717, 1.165) is 54.6 Å². The number of hydrogen-bond acceptors (Lipinski definition) is 6. The maximum atomic E-state index is 13.2. The molecule has 1 aliphatic rings. The second-order valence-electron chi connectivity index (χ2n) is 8.05. The van der Waals surface area contributed by atoms with Crippen molar-refractivity contribution in [2.45, 2.75) is 38.3 Å². The third-order valence-electron chi connectivity index (χ3n) is 5.93. The molecule has 8 heteroatoms. The average molecular weight is 466 g/mol. The summed E-state index contributed by atoms with van der Waals surface area (Å²) in [6.07, 6.45) is 3.52. The van der Waals surface area contributed by atoms with Crippen LogP contribution in [0.3, 0.4) is 0 Å². The third-order valence-corrected chi connectivity index (χ3v) is 6.84. The molecule has 0 bridgehead atoms. The van der Waals surface area contributed by atoms with Gasteiger partial charge in [0.1, 0.15) is 5.75 Å². The van der Waals surface area contributed by atoms with Crippen molar-refractivity contribution >= 4 is 29.3 Å². The molecule has 1 fully saturated rings. The van der Waals surface area contributed by atoms with Crippen molar-refractivity contribution in [3.8, 4) is 11.4 Å². The standard InChI is InChI=1S/C25H31N5O2S/c1-4-29(20-13-7-6-12-19(20)2)23(31)18-33-25-27-26-24(28-16-10-5-11-17-28)30(25)21-14-8-9-15-22(21)32-3/h6-9,12-15H,4-5,10-11,16-18H2,1-3H3. The monoisotopic (exact) mass is 465 g/mol. The van der Waals surface area contributed by atoms with Gasteiger partial charge in [-0.3, -0.25) is 9.36 Å². The Hall–Kier alpha value is -3.00. The fourth-order valence-electron chi connectivity index (χ4n) is 4.23. The average Bonchev–Trinajstić information content (AvgIpc) is 3.28. The number of piperidine rings is 1. The molecule has 0 spiro atoms. The van der Waals surface area contributed by atoms with Gasteiger partial charge >= 0.3 is 0 Å². The van der Waals surface area contributed by atoms with Gasteiger partial charge in [-0.25, -0.2) is 0 Å². The van der Waals surface area contributed by atoms with Crippen LogP contribution in [0.2, 0.25) is 0 Å². The zero-order valence-electron chi connectivity index (χ0n) is 19.5. The molecule has 0 radical (unpaired) electrons. The number of para-hydroxylation sites is 3. The van der Waals surface area contributed by atoms with E-state index in [4.69, 9.17) is 4.74 Å². The molecule has 7 nitrogen and oxygen atoms in total. The van der Waals surface area contributed by atoms with E-state index < -0.39 is 0 Å². The molecule has 1 aliphatic heterocycles. The van der Waals surface area contributed by atoms with Gasteiger partial charge in [-0.05, 0) is 56.9 Å². The quantitative estimate of drug-likeness (QED) is 0.449. The Bertz CT molecular complexity index is 1090. The Morgan fingerprint density at radius 3 is 2.52 bits per heavy atom. The smallest absolute Gasteiger partial charge is 0.237 e. The van der Waals surface area contributed by atoms with E-state index in [1.54, 1.807) is 7.11 Å². The van der Waals surface area contributed by atoms with E-state index >= 15 is 0 Å². The van der Waals surface area contributed by atoms with Crippen molar-refractivity contribution in [1.29, 1.82) is 0 Å². The second-order valence-corrected chi connectivity index (χ2v) is 8.99. The summed E-state index contributed by atoms with van der Waals surface area (Å²) in [4.78, 5) is 17.3. The van der Waals surface area contributed by atoms with Crippen LogP contribution in [0.25, 0.3) is 5.69 Å². The van der Waals surface area contributed by atoms with Crippen molar-refractivity contribution in [2.24, 2.45) is 0 Å². The molecule has 4 rings (SSSR count). The molecule has 1 amide bonds. The summed E-state index contributed by atoms with van der Waals surface area (Å²) in [7, 11) is 1.67. The minimum atomic E-state index is 0.0471. The van der Waals surface area contributed by atoms with E-state index in [2.05, 4.69) is 15.1 Å². The number of ether oxygens (including phenoxy) is 1. The molecule has 33 heavy (non-hydrogen) atoms. The van der Waals surface area contributed by atoms with Crippen LogP contribution in [0, 0.1) is 6.92 Å². The van der Waals surface area contributed by atoms with Gasteiger partial charge in [-0.15, -0.1) is 10.2 Å². The normalized spacial score (nSPS) is 13.7. The Kier molecular flexibility index (Phi) is 7.54. The molecule has 1 saturated heterocycles. The van der Waals surface area contributed by atoms with Gasteiger partial charge in [0.15, 0.2) is 5.16 Å². The molecular formula is C25H31N5O2S. The number of benzene rings is 2. The van der Waals surface area contributed by atoms with E-state index in [1.165, 1.54) is 18.2 Å². The first-order valence-corrected chi connectivity index (χ1v) is 12.4. The fraction of sp³-hybridized carbons (Fsp3) is 0.400. The van der Waals surface area contributed by atoms with E-state index in [-0.39, 0.29) is 11.7 Å². The SMILES string of the molecule is CCN(C(=O)CSc1nnc(N2CCCCC2)n1-c1ccccc1OC)c1ccccc1C. The molecule has 1 aromatic heterocycles. The van der Waals surface area contributed by atoms with Gasteiger partial charge in [0.25, 0.3) is 0 Å². The molecule has 0 aliphatic carbocycles. The highest BCUT2D eigenvalue weighted by atomic mass is 32.2. The van der Waals surface area contributed by atoms with Gasteiger partial charge in [0.2, 0.25) is 11.9 Å². The predicted octanol–water partition coefficient (Wildman–Crippen LogP) is 4.72. The Labute approximate surface area is 199 Å². The number of aryl methyl sites for hydroxylation is 1. The van der Waals surface area contributed by atoms with E-state index in [1.807, 2.05) is 71.8 Å². The summed E-state index contributed by atoms with van der Waals surface area (Å²) in [5.41, 5.74) is 2.92. The van der Waals surface area contributed by atoms with E-state index in [0.29, 0.717) is 11.7 Å². The molecule has 174 valence electrons. The number of anilines is 2. The van der Waals surface area contributed by atoms with Crippen LogP contribution in [-0.2, 0) is 4.79 Å². The maximum Gasteiger partial charge on any atom is 0.237 e. The summed E-state index contributed by atoms with van der Waals surface area (Å²) in [6.45, 7) is 6.55. The molecule has 0 atom stereocenters. The highest BCUT2D eigenvalue weighted by molar-refractivity contribution is 7.99. The van der Waals surface area contributed by atoms with Gasteiger partial charge < -0.3 is 14.5 Å². The van der Waals surface area contributed by atoms with Crippen LogP contribution < -0.4 is 14.5 Å². The van der Waals surface area contributed by atoms with E-state index in [9.17, 15) is 4.79 Å². The van der Waals surface area contributed by atoms with Crippen molar-refractivity contribution < 1.29 is 9.53 Å². The number of rotatable bonds is 8. The first-order chi connectivity index (χ1) is 16.1. The lowest BCUT2D eigenvalue weighted by Gasteiger charge is -2.28. The topological polar surface area (TPSA) is 63.5 Å². The first-order valence-electron chi connectivity index (χ1n) is 11.5. The molecule has 3 aromatic rings. The first kappa shape index (κ1) is 23.2. The highest BCUT2D eigenvalue weighted by Crippen LogP contribution is 2.33. The molecule has 0 N–H and O–H groups in total. The zero-order chi connectivity index (χ0) is 23.2. The minimum Gasteiger partial charge on any atom is -0.495 e. The van der Waals surface area contributed by atoms with Crippen LogP contribution in [-0.4, -0.2) is 53.2 Å². The fourth-order valence-corrected chi connectivity index (χ4v) is 5.05. The molecule has 2 heterocycles. The summed E-state index contributed by atoms with van der Waals surface area (Å²) < 4.78 is 7.67. The van der Waals surface area contributed by atoms with Crippen molar-refractivity contribution in [3.05, 3.63) is 54.1 Å². The number of nitrogens with zero attached hydrogens (tertiary/aromatic N) is 5. The summed E-state index contributed by atoms with van der Waals surface area (Å²) in [5, 5.41) is 9.73. The Balaban J connectivity index is 1.63. The van der Waals surface area contributed by atoms with Gasteiger partial charge in [0.05, 0.1) is 18.6 Å². The molecule has 2 aromatic carbocycles. The Morgan fingerprint density at radius 1 is 1.06 bits per heavy atom. The lowest BCUT2D eigenvalue weighted by atomic mass is 10.1. The van der Waals surface area contributed by atoms with Crippen molar-refractivity contribution in [2.75, 3.05) is 42.3 Å². The number of aromatic nitrogens is 3. The summed E-state index contributed by atoms with van der Waals surface area (Å²) >= 11 is 1.41. The number of hydrogen-bond donors (Lipinski definition) is 0. The Morgan fingerprint density at radius 2 is 1.79 bits per heavy atom. The lowest BCUT2D eigenvalue weighted by molar-refractivity contribution is -0.116. The number of carbonyl (C=O) groups excluding carboxylic acids is 1. The zero-order valence-corrected chi connectivity index (χ0v) is 20.3. The third kappa shape index (κ3) is 5.00. The predicted molar refractivity (Wildman–Crippen MR) is 134 cm³/mol. The summed E-state index contributed by atoms with van der Waals surface area (Å²) in [5.74, 6) is 1.88.